The zero-order valence-corrected chi connectivity index (χ0v) is 14.3. The average molecular weight is 342 g/mol. The number of methoxy groups -OCH3 is 1. The fourth-order valence-electron chi connectivity index (χ4n) is 2.60. The van der Waals surface area contributed by atoms with Gasteiger partial charge in [0.2, 0.25) is 5.91 Å². The van der Waals surface area contributed by atoms with Crippen LogP contribution in [-0.4, -0.2) is 39.1 Å². The molecule has 2 amide bonds. The van der Waals surface area contributed by atoms with E-state index in [1.165, 1.54) is 7.11 Å². The maximum atomic E-state index is 12.1. The van der Waals surface area contributed by atoms with Crippen LogP contribution in [0.2, 0.25) is 0 Å². The summed E-state index contributed by atoms with van der Waals surface area (Å²) >= 11 is 0. The highest BCUT2D eigenvalue weighted by Crippen LogP contribution is 2.26. The Balaban J connectivity index is 0.00000264. The van der Waals surface area contributed by atoms with Gasteiger partial charge in [-0.2, -0.15) is 0 Å². The van der Waals surface area contributed by atoms with Crippen LogP contribution in [0.3, 0.4) is 0 Å². The molecule has 3 N–H and O–H groups in total. The van der Waals surface area contributed by atoms with Gasteiger partial charge in [0.1, 0.15) is 5.75 Å². The smallest absolute Gasteiger partial charge is 0.251 e. The van der Waals surface area contributed by atoms with Crippen LogP contribution in [0.15, 0.2) is 18.2 Å². The predicted molar refractivity (Wildman–Crippen MR) is 92.5 cm³/mol. The number of halogens is 1. The molecule has 2 rings (SSSR count). The van der Waals surface area contributed by atoms with E-state index in [9.17, 15) is 9.59 Å². The lowest BCUT2D eigenvalue weighted by atomic mass is 10.0. The Morgan fingerprint density at radius 2 is 2.17 bits per heavy atom. The number of hydrogen-bond donors (Lipinski definition) is 3. The van der Waals surface area contributed by atoms with E-state index in [1.807, 2.05) is 0 Å². The first-order valence-electron chi connectivity index (χ1n) is 7.54. The Morgan fingerprint density at radius 3 is 2.78 bits per heavy atom. The zero-order chi connectivity index (χ0) is 15.9. The highest BCUT2D eigenvalue weighted by molar-refractivity contribution is 5.98. The molecular formula is C16H24ClN3O3. The molecule has 1 aromatic carbocycles. The van der Waals surface area contributed by atoms with Crippen LogP contribution < -0.4 is 20.7 Å². The Morgan fingerprint density at radius 1 is 1.39 bits per heavy atom. The highest BCUT2D eigenvalue weighted by atomic mass is 35.5. The summed E-state index contributed by atoms with van der Waals surface area (Å²) in [6.07, 6.45) is 2.47. The standard InChI is InChI=1S/C16H23N3O3.ClH/c1-17-16(21)12-4-5-14(22-2)13(9-12)19-15(20)6-3-11-7-8-18-10-11;/h4-5,9,11,18H,3,6-8,10H2,1-2H3,(H,17,21)(H,19,20);1H. The molecule has 1 aliphatic rings. The van der Waals surface area contributed by atoms with Crippen LogP contribution in [0.5, 0.6) is 5.75 Å². The van der Waals surface area contributed by atoms with Crippen LogP contribution in [0.4, 0.5) is 5.69 Å². The molecule has 7 heteroatoms. The number of amides is 2. The average Bonchev–Trinajstić information content (AvgIpc) is 3.05. The molecule has 23 heavy (non-hydrogen) atoms. The summed E-state index contributed by atoms with van der Waals surface area (Å²) < 4.78 is 5.24. The largest absolute Gasteiger partial charge is 0.495 e. The number of nitrogens with one attached hydrogen (secondary N) is 3. The van der Waals surface area contributed by atoms with E-state index in [1.54, 1.807) is 25.2 Å². The fraction of sp³-hybridized carbons (Fsp3) is 0.500. The second-order valence-electron chi connectivity index (χ2n) is 5.44. The molecule has 6 nitrogen and oxygen atoms in total. The minimum atomic E-state index is -0.199. The molecule has 1 unspecified atom stereocenters. The van der Waals surface area contributed by atoms with Crippen LogP contribution in [0, 0.1) is 5.92 Å². The maximum Gasteiger partial charge on any atom is 0.251 e. The van der Waals surface area contributed by atoms with Crippen molar-refractivity contribution in [3.63, 3.8) is 0 Å². The van der Waals surface area contributed by atoms with E-state index < -0.39 is 0 Å². The first-order chi connectivity index (χ1) is 10.6. The van der Waals surface area contributed by atoms with Gasteiger partial charge in [-0.3, -0.25) is 9.59 Å². The summed E-state index contributed by atoms with van der Waals surface area (Å²) in [5, 5.41) is 8.70. The third-order valence-electron chi connectivity index (χ3n) is 3.90. The first kappa shape index (κ1) is 19.3. The van der Waals surface area contributed by atoms with E-state index in [0.29, 0.717) is 29.3 Å². The van der Waals surface area contributed by atoms with Gasteiger partial charge in [-0.25, -0.2) is 0 Å². The van der Waals surface area contributed by atoms with Crippen molar-refractivity contribution in [3.05, 3.63) is 23.8 Å². The van der Waals surface area contributed by atoms with Gasteiger partial charge in [-0.1, -0.05) is 0 Å². The van der Waals surface area contributed by atoms with Gasteiger partial charge in [-0.05, 0) is 50.0 Å². The number of carbonyl (C=O) groups is 2. The molecule has 1 atom stereocenters. The van der Waals surface area contributed by atoms with Gasteiger partial charge in [0.25, 0.3) is 5.91 Å². The lowest BCUT2D eigenvalue weighted by Crippen LogP contribution is -2.19. The molecule has 0 radical (unpaired) electrons. The number of anilines is 1. The van der Waals surface area contributed by atoms with Gasteiger partial charge in [0.05, 0.1) is 12.8 Å². The zero-order valence-electron chi connectivity index (χ0n) is 13.5. The molecule has 0 spiro atoms. The number of ether oxygens (including phenoxy) is 1. The van der Waals surface area contributed by atoms with E-state index in [0.717, 1.165) is 25.9 Å². The summed E-state index contributed by atoms with van der Waals surface area (Å²) in [4.78, 5) is 23.8. The molecule has 1 aromatic rings. The van der Waals surface area contributed by atoms with Crippen LogP contribution in [-0.2, 0) is 4.79 Å². The summed E-state index contributed by atoms with van der Waals surface area (Å²) in [5.41, 5.74) is 1.01. The molecule has 1 heterocycles. The topological polar surface area (TPSA) is 79.5 Å². The molecular weight excluding hydrogens is 318 g/mol. The Bertz CT molecular complexity index is 545. The molecule has 0 aromatic heterocycles. The van der Waals surface area contributed by atoms with Crippen LogP contribution in [0.1, 0.15) is 29.6 Å². The van der Waals surface area contributed by atoms with Crippen molar-refractivity contribution in [3.8, 4) is 5.75 Å². The number of hydrogen-bond acceptors (Lipinski definition) is 4. The van der Waals surface area contributed by atoms with E-state index in [2.05, 4.69) is 16.0 Å². The van der Waals surface area contributed by atoms with Crippen LogP contribution in [0.25, 0.3) is 0 Å². The quantitative estimate of drug-likeness (QED) is 0.737. The number of rotatable bonds is 6. The summed E-state index contributed by atoms with van der Waals surface area (Å²) in [5.74, 6) is 0.864. The maximum absolute atomic E-state index is 12.1. The van der Waals surface area contributed by atoms with E-state index in [4.69, 9.17) is 4.74 Å². The molecule has 0 saturated carbocycles. The van der Waals surface area contributed by atoms with E-state index in [-0.39, 0.29) is 24.2 Å². The summed E-state index contributed by atoms with van der Waals surface area (Å²) in [6, 6.07) is 4.98. The van der Waals surface area contributed by atoms with Gasteiger partial charge < -0.3 is 20.7 Å². The minimum absolute atomic E-state index is 0. The molecule has 1 aliphatic heterocycles. The Hall–Kier alpha value is -1.79. The third-order valence-corrected chi connectivity index (χ3v) is 3.90. The number of carbonyl (C=O) groups excluding carboxylic acids is 2. The summed E-state index contributed by atoms with van der Waals surface area (Å²) in [6.45, 7) is 2.02. The molecule has 1 saturated heterocycles. The monoisotopic (exact) mass is 341 g/mol. The minimum Gasteiger partial charge on any atom is -0.495 e. The predicted octanol–water partition coefficient (Wildman–Crippen LogP) is 1.80. The normalized spacial score (nSPS) is 16.3. The van der Waals surface area contributed by atoms with Crippen molar-refractivity contribution in [1.29, 1.82) is 0 Å². The fourth-order valence-corrected chi connectivity index (χ4v) is 2.60. The van der Waals surface area contributed by atoms with Crippen molar-refractivity contribution < 1.29 is 14.3 Å². The second-order valence-corrected chi connectivity index (χ2v) is 5.44. The molecule has 1 fully saturated rings. The number of benzene rings is 1. The van der Waals surface area contributed by atoms with Gasteiger partial charge >= 0.3 is 0 Å². The lowest BCUT2D eigenvalue weighted by molar-refractivity contribution is -0.116. The first-order valence-corrected chi connectivity index (χ1v) is 7.54. The van der Waals surface area contributed by atoms with Crippen LogP contribution >= 0.6 is 12.4 Å². The van der Waals surface area contributed by atoms with Crippen molar-refractivity contribution in [2.45, 2.75) is 19.3 Å². The van der Waals surface area contributed by atoms with Crippen molar-refractivity contribution in [2.75, 3.05) is 32.6 Å². The van der Waals surface area contributed by atoms with Crippen molar-refractivity contribution >= 4 is 29.9 Å². The second kappa shape index (κ2) is 9.37. The van der Waals surface area contributed by atoms with Gasteiger partial charge in [-0.15, -0.1) is 12.4 Å². The third kappa shape index (κ3) is 5.41. The Kier molecular flexibility index (Phi) is 7.85. The molecule has 128 valence electrons. The molecule has 0 aliphatic carbocycles. The summed E-state index contributed by atoms with van der Waals surface area (Å²) in [7, 11) is 3.11. The van der Waals surface area contributed by atoms with Gasteiger partial charge in [0.15, 0.2) is 0 Å². The molecule has 0 bridgehead atoms. The van der Waals surface area contributed by atoms with Crippen molar-refractivity contribution in [2.24, 2.45) is 5.92 Å². The van der Waals surface area contributed by atoms with Crippen molar-refractivity contribution in [1.82, 2.24) is 10.6 Å². The SMILES string of the molecule is CNC(=O)c1ccc(OC)c(NC(=O)CCC2CCNC2)c1.Cl. The van der Waals surface area contributed by atoms with E-state index >= 15 is 0 Å². The highest BCUT2D eigenvalue weighted by Gasteiger charge is 2.17. The lowest BCUT2D eigenvalue weighted by Gasteiger charge is -2.13. The Labute approximate surface area is 142 Å². The van der Waals surface area contributed by atoms with Gasteiger partial charge in [0, 0.05) is 19.0 Å².